The molecule has 158 valence electrons. The average Bonchev–Trinajstić information content (AvgIpc) is 3.07. The van der Waals surface area contributed by atoms with Crippen molar-refractivity contribution in [3.8, 4) is 0 Å². The van der Waals surface area contributed by atoms with Gasteiger partial charge in [-0.25, -0.2) is 0 Å². The molecule has 3 nitrogen and oxygen atoms in total. The minimum absolute atomic E-state index is 0.346. The summed E-state index contributed by atoms with van der Waals surface area (Å²) in [6.45, 7) is 5.17. The lowest BCUT2D eigenvalue weighted by Crippen LogP contribution is -2.61. The summed E-state index contributed by atoms with van der Waals surface area (Å²) in [5.74, 6) is 3.84. The molecule has 0 N–H and O–H groups in total. The molecule has 7 atom stereocenters. The number of carbonyl (C=O) groups excluding carboxylic acids is 1. The highest BCUT2D eigenvalue weighted by atomic mass is 16.2. The van der Waals surface area contributed by atoms with E-state index in [1.165, 1.54) is 50.6 Å². The van der Waals surface area contributed by atoms with Gasteiger partial charge in [-0.3, -0.25) is 9.78 Å². The Hall–Kier alpha value is -1.38. The molecule has 2 heterocycles. The van der Waals surface area contributed by atoms with Crippen molar-refractivity contribution in [3.05, 3.63) is 30.1 Å². The summed E-state index contributed by atoms with van der Waals surface area (Å²) in [4.78, 5) is 19.0. The zero-order valence-corrected chi connectivity index (χ0v) is 18.6. The summed E-state index contributed by atoms with van der Waals surface area (Å²) in [7, 11) is 2.07. The standard InChI is InChI=1S/C26H38N2O/c1-25-15-13-22-20(10-12-23-26(22,2)16-14-24(29)28(23)3)21(25)11-8-18(25)7-9-19-6-4-5-17-27-19/h4-6,17-18,20-23H,7-16H2,1-3H3/t18-,20-,21-,22-,23?,25+,26+/m0/s1. The quantitative estimate of drug-likeness (QED) is 0.679. The number of hydrogen-bond acceptors (Lipinski definition) is 2. The lowest BCUT2D eigenvalue weighted by Gasteiger charge is -2.62. The molecule has 4 aliphatic rings. The van der Waals surface area contributed by atoms with Gasteiger partial charge in [-0.05, 0) is 104 Å². The molecule has 0 aromatic carbocycles. The van der Waals surface area contributed by atoms with E-state index in [9.17, 15) is 4.79 Å². The number of carbonyl (C=O) groups is 1. The molecule has 0 spiro atoms. The number of piperidine rings is 1. The monoisotopic (exact) mass is 394 g/mol. The molecule has 1 saturated heterocycles. The lowest BCUT2D eigenvalue weighted by molar-refractivity contribution is -0.158. The fourth-order valence-electron chi connectivity index (χ4n) is 8.60. The van der Waals surface area contributed by atoms with E-state index in [0.717, 1.165) is 42.9 Å². The Morgan fingerprint density at radius 1 is 1.03 bits per heavy atom. The van der Waals surface area contributed by atoms with Gasteiger partial charge in [0.15, 0.2) is 0 Å². The third-order valence-electron chi connectivity index (χ3n) is 10.2. The Kier molecular flexibility index (Phi) is 4.79. The van der Waals surface area contributed by atoms with Gasteiger partial charge in [-0.1, -0.05) is 19.9 Å². The van der Waals surface area contributed by atoms with Crippen LogP contribution in [-0.4, -0.2) is 28.9 Å². The van der Waals surface area contributed by atoms with Gasteiger partial charge in [-0.2, -0.15) is 0 Å². The van der Waals surface area contributed by atoms with Crippen LogP contribution in [0.5, 0.6) is 0 Å². The number of aromatic nitrogens is 1. The maximum Gasteiger partial charge on any atom is 0.222 e. The van der Waals surface area contributed by atoms with Gasteiger partial charge in [-0.15, -0.1) is 0 Å². The maximum atomic E-state index is 12.3. The van der Waals surface area contributed by atoms with Crippen molar-refractivity contribution in [2.24, 2.45) is 34.5 Å². The molecule has 3 heteroatoms. The highest BCUT2D eigenvalue weighted by Gasteiger charge is 2.60. The Labute approximate surface area is 176 Å². The van der Waals surface area contributed by atoms with E-state index in [1.807, 2.05) is 12.3 Å². The van der Waals surface area contributed by atoms with Gasteiger partial charge in [0.05, 0.1) is 0 Å². The molecule has 5 rings (SSSR count). The van der Waals surface area contributed by atoms with Crippen LogP contribution in [-0.2, 0) is 11.2 Å². The number of hydrogen-bond donors (Lipinski definition) is 0. The third kappa shape index (κ3) is 2.98. The van der Waals surface area contributed by atoms with Crippen LogP contribution < -0.4 is 0 Å². The second-order valence-corrected chi connectivity index (χ2v) is 11.2. The van der Waals surface area contributed by atoms with Crippen molar-refractivity contribution in [2.45, 2.75) is 84.1 Å². The van der Waals surface area contributed by atoms with Crippen molar-refractivity contribution in [1.82, 2.24) is 9.88 Å². The molecule has 1 unspecified atom stereocenters. The van der Waals surface area contributed by atoms with Crippen LogP contribution in [0.15, 0.2) is 24.4 Å². The molecule has 1 amide bonds. The van der Waals surface area contributed by atoms with Gasteiger partial charge in [0.1, 0.15) is 0 Å². The Morgan fingerprint density at radius 3 is 2.66 bits per heavy atom. The maximum absolute atomic E-state index is 12.3. The van der Waals surface area contributed by atoms with Gasteiger partial charge in [0, 0.05) is 31.4 Å². The SMILES string of the molecule is CN1C(=O)CC[C@@]2(C)C1CC[C@H]1[C@@H]3CC[C@H](CCc4ccccn4)[C@@]3(C)CC[C@@H]12. The van der Waals surface area contributed by atoms with Gasteiger partial charge < -0.3 is 4.90 Å². The number of rotatable bonds is 3. The summed E-state index contributed by atoms with van der Waals surface area (Å²) in [6, 6.07) is 6.81. The number of amides is 1. The van der Waals surface area contributed by atoms with Crippen molar-refractivity contribution in [1.29, 1.82) is 0 Å². The van der Waals surface area contributed by atoms with E-state index in [4.69, 9.17) is 0 Å². The molecule has 3 aliphatic carbocycles. The molecule has 3 saturated carbocycles. The van der Waals surface area contributed by atoms with E-state index in [0.29, 0.717) is 22.8 Å². The number of fused-ring (bicyclic) bond motifs is 5. The summed E-state index contributed by atoms with van der Waals surface area (Å²) < 4.78 is 0. The van der Waals surface area contributed by atoms with Gasteiger partial charge in [0.25, 0.3) is 0 Å². The highest BCUT2D eigenvalue weighted by Crippen LogP contribution is 2.66. The zero-order chi connectivity index (χ0) is 20.2. The fourth-order valence-corrected chi connectivity index (χ4v) is 8.60. The van der Waals surface area contributed by atoms with Crippen LogP contribution in [0, 0.1) is 34.5 Å². The molecule has 1 aromatic rings. The van der Waals surface area contributed by atoms with Crippen LogP contribution in [0.2, 0.25) is 0 Å². The van der Waals surface area contributed by atoms with Crippen molar-refractivity contribution < 1.29 is 4.79 Å². The molecular formula is C26H38N2O. The Morgan fingerprint density at radius 2 is 1.86 bits per heavy atom. The third-order valence-corrected chi connectivity index (χ3v) is 10.2. The highest BCUT2D eigenvalue weighted by molar-refractivity contribution is 5.77. The Balaban J connectivity index is 1.33. The van der Waals surface area contributed by atoms with Crippen LogP contribution in [0.4, 0.5) is 0 Å². The smallest absolute Gasteiger partial charge is 0.222 e. The Bertz CT molecular complexity index is 763. The average molecular weight is 395 g/mol. The van der Waals surface area contributed by atoms with E-state index in [1.54, 1.807) is 0 Å². The first-order valence-electron chi connectivity index (χ1n) is 12.1. The van der Waals surface area contributed by atoms with E-state index >= 15 is 0 Å². The minimum atomic E-state index is 0.346. The molecule has 0 bridgehead atoms. The van der Waals surface area contributed by atoms with E-state index < -0.39 is 0 Å². The lowest BCUT2D eigenvalue weighted by atomic mass is 9.46. The molecule has 0 radical (unpaired) electrons. The fraction of sp³-hybridized carbons (Fsp3) is 0.769. The van der Waals surface area contributed by atoms with Crippen LogP contribution in [0.1, 0.15) is 77.3 Å². The van der Waals surface area contributed by atoms with Gasteiger partial charge in [0.2, 0.25) is 5.91 Å². The first-order valence-corrected chi connectivity index (χ1v) is 12.1. The predicted octanol–water partition coefficient (Wildman–Crippen LogP) is 5.49. The number of nitrogens with zero attached hydrogens (tertiary/aromatic N) is 2. The first kappa shape index (κ1) is 19.6. The second kappa shape index (κ2) is 7.10. The number of pyridine rings is 1. The van der Waals surface area contributed by atoms with Crippen molar-refractivity contribution in [2.75, 3.05) is 7.05 Å². The molecular weight excluding hydrogens is 356 g/mol. The minimum Gasteiger partial charge on any atom is -0.342 e. The van der Waals surface area contributed by atoms with Crippen LogP contribution >= 0.6 is 0 Å². The predicted molar refractivity (Wildman–Crippen MR) is 116 cm³/mol. The van der Waals surface area contributed by atoms with E-state index in [2.05, 4.69) is 42.9 Å². The first-order chi connectivity index (χ1) is 13.9. The van der Waals surface area contributed by atoms with Crippen molar-refractivity contribution in [3.63, 3.8) is 0 Å². The second-order valence-electron chi connectivity index (χ2n) is 11.2. The normalized spacial score (nSPS) is 44.2. The van der Waals surface area contributed by atoms with Crippen molar-refractivity contribution >= 4 is 5.91 Å². The van der Waals surface area contributed by atoms with Crippen LogP contribution in [0.3, 0.4) is 0 Å². The molecule has 1 aromatic heterocycles. The molecule has 1 aliphatic heterocycles. The number of aryl methyl sites for hydroxylation is 1. The summed E-state index contributed by atoms with van der Waals surface area (Å²) >= 11 is 0. The topological polar surface area (TPSA) is 33.2 Å². The summed E-state index contributed by atoms with van der Waals surface area (Å²) in [6.07, 6.45) is 14.4. The molecule has 29 heavy (non-hydrogen) atoms. The van der Waals surface area contributed by atoms with Gasteiger partial charge >= 0.3 is 0 Å². The summed E-state index contributed by atoms with van der Waals surface area (Å²) in [5.41, 5.74) is 2.13. The number of likely N-dealkylation sites (tertiary alicyclic amines) is 1. The zero-order valence-electron chi connectivity index (χ0n) is 18.6. The largest absolute Gasteiger partial charge is 0.342 e. The van der Waals surface area contributed by atoms with E-state index in [-0.39, 0.29) is 0 Å². The summed E-state index contributed by atoms with van der Waals surface area (Å²) in [5, 5.41) is 0. The molecule has 4 fully saturated rings. The van der Waals surface area contributed by atoms with Crippen LogP contribution in [0.25, 0.3) is 0 Å².